The highest BCUT2D eigenvalue weighted by Gasteiger charge is 2.32. The van der Waals surface area contributed by atoms with Crippen LogP contribution in [-0.2, 0) is 21.4 Å². The van der Waals surface area contributed by atoms with Crippen LogP contribution in [-0.4, -0.2) is 44.3 Å². The highest BCUT2D eigenvalue weighted by Crippen LogP contribution is 2.37. The van der Waals surface area contributed by atoms with Crippen LogP contribution in [0.4, 0.5) is 5.69 Å². The van der Waals surface area contributed by atoms with E-state index in [2.05, 4.69) is 0 Å². The lowest BCUT2D eigenvalue weighted by Gasteiger charge is -2.28. The summed E-state index contributed by atoms with van der Waals surface area (Å²) in [4.78, 5) is 23.0. The van der Waals surface area contributed by atoms with Crippen molar-refractivity contribution in [1.29, 1.82) is 0 Å². The van der Waals surface area contributed by atoms with Gasteiger partial charge >= 0.3 is 11.9 Å². The number of rotatable bonds is 10. The second-order valence-corrected chi connectivity index (χ2v) is 8.68. The molecule has 10 heteroatoms. The highest BCUT2D eigenvalue weighted by atomic mass is 32.2. The van der Waals surface area contributed by atoms with E-state index in [4.69, 9.17) is 14.6 Å². The lowest BCUT2D eigenvalue weighted by atomic mass is 10.1. The number of methoxy groups -OCH3 is 1. The summed E-state index contributed by atoms with van der Waals surface area (Å²) in [7, 11) is -2.86. The Balaban J connectivity index is 2.23. The number of aromatic carboxylic acids is 1. The van der Waals surface area contributed by atoms with Crippen LogP contribution in [0.1, 0.15) is 15.9 Å². The molecule has 0 atom stereocenters. The molecule has 2 N–H and O–H groups in total. The molecule has 0 saturated carbocycles. The maximum absolute atomic E-state index is 13.7. The fraction of sp³-hybridized carbons (Fsp3) is 0.130. The van der Waals surface area contributed by atoms with Crippen molar-refractivity contribution >= 4 is 27.6 Å². The molecule has 0 heterocycles. The average molecular weight is 471 g/mol. The third kappa shape index (κ3) is 5.42. The molecule has 3 aromatic carbocycles. The quantitative estimate of drug-likeness (QED) is 0.461. The zero-order valence-corrected chi connectivity index (χ0v) is 18.4. The molecule has 9 nitrogen and oxygen atoms in total. The van der Waals surface area contributed by atoms with Crippen LogP contribution in [0.5, 0.6) is 11.5 Å². The summed E-state index contributed by atoms with van der Waals surface area (Å²) in [6.07, 6.45) is 0. The van der Waals surface area contributed by atoms with E-state index in [9.17, 15) is 23.1 Å². The standard InChI is InChI=1S/C23H21NO8S/c1-31-17-10-12-18(13-11-17)33(29,30)24(14-16-6-3-2-4-7-16)22-19(23(27)28)8-5-9-20(22)32-15-21(25)26/h2-13H,14-15H2,1H3,(H,25,26)(H,27,28). The van der Waals surface area contributed by atoms with Crippen LogP contribution in [0.3, 0.4) is 0 Å². The van der Waals surface area contributed by atoms with Gasteiger partial charge in [-0.1, -0.05) is 36.4 Å². The fourth-order valence-electron chi connectivity index (χ4n) is 3.12. The van der Waals surface area contributed by atoms with Gasteiger partial charge in [-0.15, -0.1) is 0 Å². The fourth-order valence-corrected chi connectivity index (χ4v) is 4.60. The first-order valence-corrected chi connectivity index (χ1v) is 11.1. The number of aliphatic carboxylic acids is 1. The molecule has 3 aromatic rings. The molecule has 0 unspecified atom stereocenters. The normalized spacial score (nSPS) is 10.9. The van der Waals surface area contributed by atoms with Crippen molar-refractivity contribution in [2.45, 2.75) is 11.4 Å². The number of carboxylic acid groups (broad SMARTS) is 2. The van der Waals surface area contributed by atoms with Gasteiger partial charge in [-0.05, 0) is 42.0 Å². The van der Waals surface area contributed by atoms with E-state index >= 15 is 0 Å². The molecule has 0 aliphatic rings. The Kier molecular flexibility index (Phi) is 7.19. The smallest absolute Gasteiger partial charge is 0.341 e. The molecule has 0 fully saturated rings. The number of carboxylic acids is 2. The van der Waals surface area contributed by atoms with Crippen LogP contribution >= 0.6 is 0 Å². The molecule has 3 rings (SSSR count). The van der Waals surface area contributed by atoms with Gasteiger partial charge in [0.1, 0.15) is 17.2 Å². The second-order valence-electron chi connectivity index (χ2n) is 6.81. The van der Waals surface area contributed by atoms with Crippen molar-refractivity contribution in [3.05, 3.63) is 83.9 Å². The van der Waals surface area contributed by atoms with Crippen molar-refractivity contribution < 1.29 is 37.7 Å². The monoisotopic (exact) mass is 471 g/mol. The molecular formula is C23H21NO8S. The van der Waals surface area contributed by atoms with Crippen molar-refractivity contribution in [2.24, 2.45) is 0 Å². The molecule has 0 spiro atoms. The van der Waals surface area contributed by atoms with E-state index in [1.807, 2.05) is 0 Å². The van der Waals surface area contributed by atoms with Crippen molar-refractivity contribution in [2.75, 3.05) is 18.0 Å². The molecular weight excluding hydrogens is 450 g/mol. The summed E-state index contributed by atoms with van der Waals surface area (Å²) in [6, 6.07) is 18.1. The number of ether oxygens (including phenoxy) is 2. The highest BCUT2D eigenvalue weighted by molar-refractivity contribution is 7.92. The predicted molar refractivity (Wildman–Crippen MR) is 119 cm³/mol. The molecule has 0 aliphatic heterocycles. The largest absolute Gasteiger partial charge is 0.497 e. The van der Waals surface area contributed by atoms with Gasteiger partial charge in [0.25, 0.3) is 10.0 Å². The maximum Gasteiger partial charge on any atom is 0.341 e. The van der Waals surface area contributed by atoms with Gasteiger partial charge in [0.2, 0.25) is 0 Å². The lowest BCUT2D eigenvalue weighted by molar-refractivity contribution is -0.139. The summed E-state index contributed by atoms with van der Waals surface area (Å²) < 4.78 is 38.7. The zero-order valence-electron chi connectivity index (χ0n) is 17.5. The number of nitrogens with zero attached hydrogens (tertiary/aromatic N) is 1. The molecule has 0 amide bonds. The number of hydrogen-bond acceptors (Lipinski definition) is 6. The van der Waals surface area contributed by atoms with Gasteiger partial charge in [0.05, 0.1) is 24.1 Å². The Morgan fingerprint density at radius 2 is 1.58 bits per heavy atom. The Morgan fingerprint density at radius 3 is 2.15 bits per heavy atom. The van der Waals surface area contributed by atoms with E-state index in [-0.39, 0.29) is 28.4 Å². The number of carbonyl (C=O) groups is 2. The lowest BCUT2D eigenvalue weighted by Crippen LogP contribution is -2.32. The number of hydrogen-bond donors (Lipinski definition) is 2. The van der Waals surface area contributed by atoms with E-state index in [0.29, 0.717) is 11.3 Å². The molecule has 33 heavy (non-hydrogen) atoms. The van der Waals surface area contributed by atoms with Crippen LogP contribution in [0.15, 0.2) is 77.7 Å². The Morgan fingerprint density at radius 1 is 0.909 bits per heavy atom. The molecule has 0 aromatic heterocycles. The van der Waals surface area contributed by atoms with E-state index < -0.39 is 28.6 Å². The van der Waals surface area contributed by atoms with Crippen LogP contribution < -0.4 is 13.8 Å². The first-order chi connectivity index (χ1) is 15.7. The average Bonchev–Trinajstić information content (AvgIpc) is 2.81. The van der Waals surface area contributed by atoms with Gasteiger partial charge in [0.15, 0.2) is 6.61 Å². The number of anilines is 1. The molecule has 0 radical (unpaired) electrons. The van der Waals surface area contributed by atoms with Gasteiger partial charge in [-0.3, -0.25) is 4.31 Å². The van der Waals surface area contributed by atoms with Crippen LogP contribution in [0.25, 0.3) is 0 Å². The maximum atomic E-state index is 13.7. The van der Waals surface area contributed by atoms with Gasteiger partial charge < -0.3 is 19.7 Å². The van der Waals surface area contributed by atoms with Crippen molar-refractivity contribution in [3.8, 4) is 11.5 Å². The SMILES string of the molecule is COc1ccc(S(=O)(=O)N(Cc2ccccc2)c2c(OCC(=O)O)cccc2C(=O)O)cc1. The number of benzene rings is 3. The Hall–Kier alpha value is -4.05. The zero-order chi connectivity index (χ0) is 24.0. The Bertz CT molecular complexity index is 1240. The third-order valence-corrected chi connectivity index (χ3v) is 6.41. The minimum absolute atomic E-state index is 0.108. The van der Waals surface area contributed by atoms with Gasteiger partial charge in [0, 0.05) is 0 Å². The summed E-state index contributed by atoms with van der Waals surface area (Å²) in [5.41, 5.74) is -0.0456. The second kappa shape index (κ2) is 10.0. The molecule has 0 saturated heterocycles. The summed E-state index contributed by atoms with van der Waals surface area (Å²) in [5, 5.41) is 18.8. The van der Waals surface area contributed by atoms with Crippen LogP contribution in [0.2, 0.25) is 0 Å². The molecule has 172 valence electrons. The first-order valence-electron chi connectivity index (χ1n) is 9.65. The van der Waals surface area contributed by atoms with Gasteiger partial charge in [-0.2, -0.15) is 0 Å². The third-order valence-electron chi connectivity index (χ3n) is 4.65. The molecule has 0 bridgehead atoms. The minimum atomic E-state index is -4.31. The summed E-state index contributed by atoms with van der Waals surface area (Å²) in [5.74, 6) is -2.44. The Labute approximate surface area is 190 Å². The van der Waals surface area contributed by atoms with Crippen molar-refractivity contribution in [3.63, 3.8) is 0 Å². The van der Waals surface area contributed by atoms with E-state index in [1.165, 1.54) is 49.6 Å². The topological polar surface area (TPSA) is 130 Å². The first kappa shape index (κ1) is 23.6. The number of para-hydroxylation sites is 1. The number of sulfonamides is 1. The summed E-state index contributed by atoms with van der Waals surface area (Å²) in [6.45, 7) is -0.999. The van der Waals surface area contributed by atoms with E-state index in [0.717, 1.165) is 4.31 Å². The van der Waals surface area contributed by atoms with Crippen molar-refractivity contribution in [1.82, 2.24) is 0 Å². The molecule has 0 aliphatic carbocycles. The van der Waals surface area contributed by atoms with Gasteiger partial charge in [-0.25, -0.2) is 18.0 Å². The predicted octanol–water partition coefficient (Wildman–Crippen LogP) is 3.25. The minimum Gasteiger partial charge on any atom is -0.497 e. The summed E-state index contributed by atoms with van der Waals surface area (Å²) >= 11 is 0. The van der Waals surface area contributed by atoms with Crippen LogP contribution in [0, 0.1) is 0 Å². The van der Waals surface area contributed by atoms with E-state index in [1.54, 1.807) is 30.3 Å².